The molecule has 34 heteroatoms. The molecule has 8 aromatic rings. The standard InChI is InChI=1S/C17H25BrN2O2.C14H9BrN2O2.C12H17BrN2.C10H18O5.C8H5NO2.C6H7BrN2.2C6H6BrNO.C6H10O.CH4O.B.Na.H/c1-17(2,3)22-16(21)20(11-13-6-4-5-7-13)12-14-8-15(18)10-19-9-14;15-10-5-9(6-16-7-10)8-17-13(18)11-3-1-2-4-12(11)14(17)19;13-12-5-11(8-15-9-12)7-14-6-10-3-1-2-4-10;1-9(2,3)14-7(11)13-8(12)15-10(4,5)6;10-7-5-3-1-2-4-6(5)8(11)9-7;7-6-1-5(2-8)3-9-4-6;1-9-6-2-5(7)3-8-4-6;7-6-1-5(4-9)2-8-3-6;7-5-6-3-1-2-4-6;1-2;;;/h8-10,13H,4-7,11-12H2,1-3H3;1-7H,8H2;5,8-10,14H,1-4,6-7H2;1-6H3;1-4H,(H,9,10,11);1,3-4H,2,8H2;2-4H,1H3;1-3,9H,4H2;5-6H,1-4H2;2H,1H3;;;/q;;;;;;;;;;;+1;-1. The van der Waals surface area contributed by atoms with Gasteiger partial charge >= 0.3 is 48.0 Å². The number of nitrogens with zero attached hydrogens (tertiary/aromatic N) is 8. The molecule has 643 valence electrons. The first kappa shape index (κ1) is 109. The average molecular weight is 2050 g/mol. The molecular weight excluding hydrogens is 1940 g/mol. The van der Waals surface area contributed by atoms with E-state index in [4.69, 9.17) is 34.9 Å². The third-order valence-electron chi connectivity index (χ3n) is 16.8. The Hall–Kier alpha value is -7.12. The summed E-state index contributed by atoms with van der Waals surface area (Å²) in [5.74, 6) is 1.58. The molecule has 6 N–H and O–H groups in total. The summed E-state index contributed by atoms with van der Waals surface area (Å²) < 4.78 is 29.9. The molecule has 120 heavy (non-hydrogen) atoms. The zero-order valence-corrected chi connectivity index (χ0v) is 81.5. The quantitative estimate of drug-likeness (QED) is 0.0169. The fourth-order valence-electron chi connectivity index (χ4n) is 11.5. The van der Waals surface area contributed by atoms with Crippen molar-refractivity contribution in [3.8, 4) is 5.75 Å². The number of nitrogens with one attached hydrogen (secondary N) is 2. The topological polar surface area (TPSA) is 357 Å². The van der Waals surface area contributed by atoms with Crippen LogP contribution in [0.4, 0.5) is 14.4 Å². The molecule has 2 aromatic carbocycles. The molecular formula is C86H108BBr6N11NaO15. The van der Waals surface area contributed by atoms with E-state index in [1.54, 1.807) is 159 Å². The molecule has 6 aromatic heterocycles. The van der Waals surface area contributed by atoms with Crippen LogP contribution in [0.1, 0.15) is 210 Å². The number of aromatic nitrogens is 6. The van der Waals surface area contributed by atoms with Crippen LogP contribution in [0.5, 0.6) is 5.75 Å². The molecule has 13 rings (SSSR count). The van der Waals surface area contributed by atoms with Crippen molar-refractivity contribution in [3.05, 3.63) is 236 Å². The maximum absolute atomic E-state index is 12.5. The Morgan fingerprint density at radius 3 is 1.28 bits per heavy atom. The summed E-state index contributed by atoms with van der Waals surface area (Å²) >= 11 is 20.0. The summed E-state index contributed by atoms with van der Waals surface area (Å²) in [5, 5.41) is 21.3. The average Bonchev–Trinajstić information content (AvgIpc) is 1.64. The molecule has 0 bridgehead atoms. The number of aldehydes is 1. The second-order valence-corrected chi connectivity index (χ2v) is 35.5. The van der Waals surface area contributed by atoms with Crippen molar-refractivity contribution in [2.24, 2.45) is 23.5 Å². The third-order valence-corrected chi connectivity index (χ3v) is 19.4. The number of carbonyl (C=O) groups excluding carboxylic acids is 8. The maximum atomic E-state index is 12.5. The fourth-order valence-corrected chi connectivity index (χ4v) is 13.9. The number of ether oxygens (including phenoxy) is 5. The summed E-state index contributed by atoms with van der Waals surface area (Å²) in [6, 6.07) is 25.2. The Morgan fingerprint density at radius 1 is 0.533 bits per heavy atom. The van der Waals surface area contributed by atoms with Crippen molar-refractivity contribution >= 4 is 152 Å². The minimum absolute atomic E-state index is 0. The van der Waals surface area contributed by atoms with Crippen molar-refractivity contribution in [1.29, 1.82) is 0 Å². The number of methoxy groups -OCH3 is 1. The number of amides is 5. The SMILES string of the molecule is Brc1cncc(CNCC2CCCC2)c1.CC(C)(C)OC(=O)N(Cc1cncc(Br)c1)CC1CCCC1.CC(C)(C)OC(=O)OC(=O)OC(C)(C)C.CO.COc1cncc(Br)c1.NCc1cncc(Br)c1.O=C1NC(=O)c2ccccc21.O=C1c2ccccc2C(=O)N1Cc1cncc(Br)c1.O=CC1CCCC1.OCc1cncc(Br)c1.[B].[H-].[Na+]. The number of pyridine rings is 6. The van der Waals surface area contributed by atoms with Gasteiger partial charge in [0.1, 0.15) is 28.8 Å². The van der Waals surface area contributed by atoms with Crippen LogP contribution in [0.3, 0.4) is 0 Å². The summed E-state index contributed by atoms with van der Waals surface area (Å²) in [5.41, 5.74) is 10.3. The summed E-state index contributed by atoms with van der Waals surface area (Å²) in [6.07, 6.45) is 34.9. The molecule has 0 atom stereocenters. The number of hydrogen-bond donors (Lipinski definition) is 5. The van der Waals surface area contributed by atoms with Crippen molar-refractivity contribution in [2.45, 2.75) is 189 Å². The molecule has 2 aliphatic heterocycles. The summed E-state index contributed by atoms with van der Waals surface area (Å²) in [6.45, 7) is 20.0. The van der Waals surface area contributed by atoms with E-state index in [0.717, 1.165) is 107 Å². The van der Waals surface area contributed by atoms with Crippen LogP contribution in [-0.2, 0) is 56.5 Å². The second kappa shape index (κ2) is 58.1. The monoisotopic (exact) mass is 2040 g/mol. The van der Waals surface area contributed by atoms with E-state index in [1.807, 2.05) is 68.4 Å². The Kier molecular flexibility index (Phi) is 52.7. The number of halogens is 6. The van der Waals surface area contributed by atoms with Crippen molar-refractivity contribution < 1.29 is 103 Å². The van der Waals surface area contributed by atoms with E-state index in [0.29, 0.717) is 47.2 Å². The van der Waals surface area contributed by atoms with Crippen molar-refractivity contribution in [2.75, 3.05) is 27.3 Å². The molecule has 8 heterocycles. The number of aliphatic hydroxyl groups is 2. The molecule has 3 aliphatic carbocycles. The van der Waals surface area contributed by atoms with Crippen LogP contribution < -0.4 is 50.7 Å². The van der Waals surface area contributed by atoms with E-state index in [2.05, 4.69) is 147 Å². The summed E-state index contributed by atoms with van der Waals surface area (Å²) in [7, 11) is 2.61. The van der Waals surface area contributed by atoms with Gasteiger partial charge in [-0.1, -0.05) is 62.8 Å². The van der Waals surface area contributed by atoms with Gasteiger partial charge in [0.25, 0.3) is 23.6 Å². The number of nitrogens with two attached hydrogens (primary N) is 1. The minimum Gasteiger partial charge on any atom is -1.00 e. The van der Waals surface area contributed by atoms with Crippen molar-refractivity contribution in [1.82, 2.24) is 50.3 Å². The molecule has 0 saturated heterocycles. The van der Waals surface area contributed by atoms with Gasteiger partial charge in [0.15, 0.2) is 0 Å². The largest absolute Gasteiger partial charge is 1.00 e. The second-order valence-electron chi connectivity index (χ2n) is 30.0. The van der Waals surface area contributed by atoms with Gasteiger partial charge in [-0.3, -0.25) is 59.3 Å². The molecule has 3 fully saturated rings. The van der Waals surface area contributed by atoms with Gasteiger partial charge in [0.05, 0.1) is 55.3 Å². The molecule has 5 amide bonds. The first-order valence-electron chi connectivity index (χ1n) is 38.1. The minimum atomic E-state index is -1.06. The van der Waals surface area contributed by atoms with Gasteiger partial charge < -0.3 is 56.1 Å². The van der Waals surface area contributed by atoms with Crippen LogP contribution in [0, 0.1) is 17.8 Å². The number of rotatable bonds is 14. The molecule has 0 spiro atoms. The number of hydrogen-bond acceptors (Lipinski definition) is 23. The van der Waals surface area contributed by atoms with Crippen LogP contribution in [0.25, 0.3) is 0 Å². The molecule has 3 radical (unpaired) electrons. The number of imide groups is 2. The van der Waals surface area contributed by atoms with Gasteiger partial charge in [-0.2, -0.15) is 0 Å². The normalized spacial score (nSPS) is 13.6. The third kappa shape index (κ3) is 44.8. The maximum Gasteiger partial charge on any atom is 1.00 e. The Labute approximate surface area is 780 Å². The fraction of sp³-hybridized carbons (Fsp3) is 0.419. The van der Waals surface area contributed by atoms with Gasteiger partial charge in [0.2, 0.25) is 0 Å². The molecule has 5 aliphatic rings. The number of aliphatic hydroxyl groups excluding tert-OH is 2. The van der Waals surface area contributed by atoms with E-state index < -0.39 is 29.1 Å². The van der Waals surface area contributed by atoms with Gasteiger partial charge in [-0.15, -0.1) is 0 Å². The zero-order valence-electron chi connectivity index (χ0n) is 71.0. The van der Waals surface area contributed by atoms with E-state index >= 15 is 0 Å². The van der Waals surface area contributed by atoms with E-state index in [1.165, 1.54) is 74.7 Å². The smallest absolute Gasteiger partial charge is 1.00 e. The Morgan fingerprint density at radius 2 is 0.900 bits per heavy atom. The Balaban J connectivity index is 0.000000690. The van der Waals surface area contributed by atoms with Gasteiger partial charge in [-0.25, -0.2) is 14.4 Å². The summed E-state index contributed by atoms with van der Waals surface area (Å²) in [4.78, 5) is 118. The Bertz CT molecular complexity index is 4280. The van der Waals surface area contributed by atoms with Gasteiger partial charge in [0, 0.05) is 136 Å². The van der Waals surface area contributed by atoms with Crippen LogP contribution in [-0.4, -0.2) is 151 Å². The van der Waals surface area contributed by atoms with Crippen molar-refractivity contribution in [3.63, 3.8) is 0 Å². The predicted molar refractivity (Wildman–Crippen MR) is 480 cm³/mol. The number of carbonyl (C=O) groups is 8. The zero-order chi connectivity index (χ0) is 87.4. The molecule has 3 saturated carbocycles. The van der Waals surface area contributed by atoms with E-state index in [-0.39, 0.29) is 82.3 Å². The molecule has 26 nitrogen and oxygen atoms in total. The first-order chi connectivity index (χ1) is 56.0. The van der Waals surface area contributed by atoms with Crippen LogP contribution >= 0.6 is 95.6 Å². The van der Waals surface area contributed by atoms with Crippen LogP contribution in [0.15, 0.2) is 186 Å². The van der Waals surface area contributed by atoms with Crippen LogP contribution in [0.2, 0.25) is 0 Å². The van der Waals surface area contributed by atoms with Gasteiger partial charge in [-0.05, 0) is 303 Å². The first-order valence-corrected chi connectivity index (χ1v) is 42.8. The number of benzene rings is 2. The molecule has 0 unspecified atom stereocenters. The number of fused-ring (bicyclic) bond motifs is 2. The predicted octanol–water partition coefficient (Wildman–Crippen LogP) is 16.2. The van der Waals surface area contributed by atoms with E-state index in [9.17, 15) is 38.4 Å².